The summed E-state index contributed by atoms with van der Waals surface area (Å²) >= 11 is 0. The second-order valence-electron chi connectivity index (χ2n) is 3.62. The third-order valence-electron chi connectivity index (χ3n) is 2.45. The highest BCUT2D eigenvalue weighted by Gasteiger charge is 2.10. The van der Waals surface area contributed by atoms with Crippen LogP contribution >= 0.6 is 12.4 Å². The third kappa shape index (κ3) is 3.32. The van der Waals surface area contributed by atoms with Crippen LogP contribution in [-0.2, 0) is 0 Å². The zero-order valence-corrected chi connectivity index (χ0v) is 9.76. The summed E-state index contributed by atoms with van der Waals surface area (Å²) in [6.07, 6.45) is 1.18. The van der Waals surface area contributed by atoms with E-state index >= 15 is 0 Å². The molecule has 15 heavy (non-hydrogen) atoms. The fourth-order valence-corrected chi connectivity index (χ4v) is 1.64. The standard InChI is InChI=1S/C10H16N4.ClH/c1-9-3-4-10(13-12-9)14-7-2-5-11-6-8-14;/h3-4,11H,2,5-8H2,1H3;1H. The fourth-order valence-electron chi connectivity index (χ4n) is 1.64. The van der Waals surface area contributed by atoms with Crippen LogP contribution in [0.2, 0.25) is 0 Å². The lowest BCUT2D eigenvalue weighted by Crippen LogP contribution is -2.28. The molecule has 0 amide bonds. The van der Waals surface area contributed by atoms with Gasteiger partial charge in [-0.3, -0.25) is 0 Å². The minimum atomic E-state index is 0. The molecule has 5 heteroatoms. The third-order valence-corrected chi connectivity index (χ3v) is 2.45. The molecule has 1 saturated heterocycles. The zero-order valence-electron chi connectivity index (χ0n) is 8.94. The average molecular weight is 229 g/mol. The molecule has 1 fully saturated rings. The lowest BCUT2D eigenvalue weighted by Gasteiger charge is -2.19. The molecule has 0 unspecified atom stereocenters. The lowest BCUT2D eigenvalue weighted by molar-refractivity contribution is 0.724. The summed E-state index contributed by atoms with van der Waals surface area (Å²) in [7, 11) is 0. The Hall–Kier alpha value is -0.870. The van der Waals surface area contributed by atoms with Gasteiger partial charge >= 0.3 is 0 Å². The maximum Gasteiger partial charge on any atom is 0.151 e. The summed E-state index contributed by atoms with van der Waals surface area (Å²) in [6, 6.07) is 4.06. The molecule has 1 aliphatic rings. The fraction of sp³-hybridized carbons (Fsp3) is 0.600. The Morgan fingerprint density at radius 1 is 1.20 bits per heavy atom. The van der Waals surface area contributed by atoms with Crippen molar-refractivity contribution in [2.45, 2.75) is 13.3 Å². The van der Waals surface area contributed by atoms with Crippen LogP contribution in [-0.4, -0.2) is 36.4 Å². The van der Waals surface area contributed by atoms with Crippen molar-refractivity contribution in [2.75, 3.05) is 31.1 Å². The van der Waals surface area contributed by atoms with E-state index < -0.39 is 0 Å². The van der Waals surface area contributed by atoms with Crippen molar-refractivity contribution < 1.29 is 0 Å². The average Bonchev–Trinajstić information content (AvgIpc) is 2.47. The number of aromatic nitrogens is 2. The van der Waals surface area contributed by atoms with Gasteiger partial charge in [-0.2, -0.15) is 5.10 Å². The van der Waals surface area contributed by atoms with Gasteiger partial charge in [-0.1, -0.05) is 0 Å². The monoisotopic (exact) mass is 228 g/mol. The maximum absolute atomic E-state index is 4.19. The Balaban J connectivity index is 0.00000112. The van der Waals surface area contributed by atoms with Crippen LogP contribution in [0.15, 0.2) is 12.1 Å². The first kappa shape index (κ1) is 12.2. The van der Waals surface area contributed by atoms with E-state index in [4.69, 9.17) is 0 Å². The van der Waals surface area contributed by atoms with Gasteiger partial charge < -0.3 is 10.2 Å². The quantitative estimate of drug-likeness (QED) is 0.779. The highest BCUT2D eigenvalue weighted by molar-refractivity contribution is 5.85. The molecular weight excluding hydrogens is 212 g/mol. The molecule has 1 aromatic rings. The molecule has 0 aromatic carbocycles. The normalized spacial score (nSPS) is 16.7. The zero-order chi connectivity index (χ0) is 9.80. The molecular formula is C10H17ClN4. The minimum Gasteiger partial charge on any atom is -0.354 e. The molecule has 2 heterocycles. The van der Waals surface area contributed by atoms with Gasteiger partial charge in [0, 0.05) is 19.6 Å². The van der Waals surface area contributed by atoms with Crippen molar-refractivity contribution in [3.63, 3.8) is 0 Å². The number of rotatable bonds is 1. The molecule has 0 spiro atoms. The Kier molecular flexibility index (Phi) is 4.78. The maximum atomic E-state index is 4.19. The van der Waals surface area contributed by atoms with Crippen molar-refractivity contribution in [1.82, 2.24) is 15.5 Å². The molecule has 1 aliphatic heterocycles. The van der Waals surface area contributed by atoms with Crippen molar-refractivity contribution >= 4 is 18.2 Å². The number of aryl methyl sites for hydroxylation is 1. The number of hydrogen-bond donors (Lipinski definition) is 1. The number of nitrogens with one attached hydrogen (secondary N) is 1. The van der Waals surface area contributed by atoms with E-state index in [0.717, 1.165) is 37.7 Å². The number of nitrogens with zero attached hydrogens (tertiary/aromatic N) is 3. The van der Waals surface area contributed by atoms with Gasteiger partial charge in [0.2, 0.25) is 0 Å². The van der Waals surface area contributed by atoms with Gasteiger partial charge in [-0.05, 0) is 32.0 Å². The summed E-state index contributed by atoms with van der Waals surface area (Å²) in [5.41, 5.74) is 0.974. The van der Waals surface area contributed by atoms with Crippen molar-refractivity contribution in [3.8, 4) is 0 Å². The van der Waals surface area contributed by atoms with Gasteiger partial charge in [0.05, 0.1) is 5.69 Å². The second-order valence-corrected chi connectivity index (χ2v) is 3.62. The largest absolute Gasteiger partial charge is 0.354 e. The molecule has 84 valence electrons. The van der Waals surface area contributed by atoms with Crippen LogP contribution in [0, 0.1) is 6.92 Å². The van der Waals surface area contributed by atoms with Crippen molar-refractivity contribution in [1.29, 1.82) is 0 Å². The van der Waals surface area contributed by atoms with E-state index in [-0.39, 0.29) is 12.4 Å². The smallest absolute Gasteiger partial charge is 0.151 e. The van der Waals surface area contributed by atoms with Crippen LogP contribution in [0.3, 0.4) is 0 Å². The van der Waals surface area contributed by atoms with Crippen LogP contribution in [0.1, 0.15) is 12.1 Å². The van der Waals surface area contributed by atoms with Gasteiger partial charge in [-0.25, -0.2) is 0 Å². The van der Waals surface area contributed by atoms with E-state index in [1.54, 1.807) is 0 Å². The van der Waals surface area contributed by atoms with Crippen molar-refractivity contribution in [3.05, 3.63) is 17.8 Å². The van der Waals surface area contributed by atoms with E-state index in [2.05, 4.69) is 20.4 Å². The van der Waals surface area contributed by atoms with Gasteiger partial charge in [-0.15, -0.1) is 17.5 Å². The van der Waals surface area contributed by atoms with E-state index in [1.807, 2.05) is 19.1 Å². The predicted octanol–water partition coefficient (Wildman–Crippen LogP) is 1.01. The first-order valence-corrected chi connectivity index (χ1v) is 5.12. The van der Waals surface area contributed by atoms with Crippen LogP contribution < -0.4 is 10.2 Å². The number of halogens is 1. The summed E-state index contributed by atoms with van der Waals surface area (Å²) in [4.78, 5) is 2.28. The van der Waals surface area contributed by atoms with Crippen molar-refractivity contribution in [2.24, 2.45) is 0 Å². The SMILES string of the molecule is Cc1ccc(N2CCCNCC2)nn1.Cl. The number of anilines is 1. The predicted molar refractivity (Wildman–Crippen MR) is 63.7 cm³/mol. The minimum absolute atomic E-state index is 0. The highest BCUT2D eigenvalue weighted by Crippen LogP contribution is 2.10. The highest BCUT2D eigenvalue weighted by atomic mass is 35.5. The molecule has 4 nitrogen and oxygen atoms in total. The molecule has 2 rings (SSSR count). The van der Waals surface area contributed by atoms with Gasteiger partial charge in [0.1, 0.15) is 0 Å². The molecule has 0 aliphatic carbocycles. The Morgan fingerprint density at radius 3 is 2.80 bits per heavy atom. The summed E-state index contributed by atoms with van der Waals surface area (Å²) < 4.78 is 0. The molecule has 0 radical (unpaired) electrons. The van der Waals surface area contributed by atoms with E-state index in [9.17, 15) is 0 Å². The first-order chi connectivity index (χ1) is 6.86. The lowest BCUT2D eigenvalue weighted by atomic mass is 10.3. The van der Waals surface area contributed by atoms with Crippen LogP contribution in [0.25, 0.3) is 0 Å². The summed E-state index contributed by atoms with van der Waals surface area (Å²) in [5, 5.41) is 11.6. The second kappa shape index (κ2) is 5.88. The molecule has 0 atom stereocenters. The Morgan fingerprint density at radius 2 is 2.07 bits per heavy atom. The summed E-state index contributed by atoms with van der Waals surface area (Å²) in [5.74, 6) is 0.999. The van der Waals surface area contributed by atoms with E-state index in [1.165, 1.54) is 6.42 Å². The Labute approximate surface area is 96.5 Å². The Bertz CT molecular complexity index is 280. The molecule has 0 bridgehead atoms. The van der Waals surface area contributed by atoms with Gasteiger partial charge in [0.25, 0.3) is 0 Å². The summed E-state index contributed by atoms with van der Waals surface area (Å²) in [6.45, 7) is 6.20. The molecule has 0 saturated carbocycles. The van der Waals surface area contributed by atoms with Crippen LogP contribution in [0.5, 0.6) is 0 Å². The topological polar surface area (TPSA) is 41.0 Å². The molecule has 1 N–H and O–H groups in total. The first-order valence-electron chi connectivity index (χ1n) is 5.12. The van der Waals surface area contributed by atoms with Gasteiger partial charge in [0.15, 0.2) is 5.82 Å². The van der Waals surface area contributed by atoms with Crippen LogP contribution in [0.4, 0.5) is 5.82 Å². The number of hydrogen-bond acceptors (Lipinski definition) is 4. The van der Waals surface area contributed by atoms with E-state index in [0.29, 0.717) is 0 Å². The molecule has 1 aromatic heterocycles.